The number of nitrogen functional groups attached to an aromatic ring is 1. The van der Waals surface area contributed by atoms with Crippen LogP contribution >= 0.6 is 0 Å². The lowest BCUT2D eigenvalue weighted by molar-refractivity contribution is 0.771. The molecule has 0 fully saturated rings. The molecule has 7 heteroatoms. The van der Waals surface area contributed by atoms with Gasteiger partial charge in [-0.1, -0.05) is 30.0 Å². The van der Waals surface area contributed by atoms with E-state index in [2.05, 4.69) is 32.2 Å². The fourth-order valence-corrected chi connectivity index (χ4v) is 2.60. The molecule has 7 nitrogen and oxygen atoms in total. The van der Waals surface area contributed by atoms with Crippen molar-refractivity contribution < 1.29 is 0 Å². The molecule has 0 aliphatic heterocycles. The van der Waals surface area contributed by atoms with Gasteiger partial charge in [-0.15, -0.1) is 0 Å². The lowest BCUT2D eigenvalue weighted by atomic mass is 10.1. The summed E-state index contributed by atoms with van der Waals surface area (Å²) in [4.78, 5) is 18.5. The number of anilines is 1. The van der Waals surface area contributed by atoms with Crippen LogP contribution in [0, 0.1) is 11.8 Å². The van der Waals surface area contributed by atoms with Crippen molar-refractivity contribution in [2.45, 2.75) is 13.5 Å². The Hall–Kier alpha value is -3.63. The highest BCUT2D eigenvalue weighted by atomic mass is 16.1. The largest absolute Gasteiger partial charge is 0.369 e. The van der Waals surface area contributed by atoms with Gasteiger partial charge in [0.1, 0.15) is 0 Å². The summed E-state index contributed by atoms with van der Waals surface area (Å²) in [6, 6.07) is 13.3. The van der Waals surface area contributed by atoms with Crippen molar-refractivity contribution in [1.29, 1.82) is 0 Å². The van der Waals surface area contributed by atoms with E-state index in [4.69, 9.17) is 11.6 Å². The first-order valence-electron chi connectivity index (χ1n) is 8.40. The second kappa shape index (κ2) is 8.17. The minimum atomic E-state index is -0.238. The van der Waals surface area contributed by atoms with Crippen molar-refractivity contribution in [2.75, 3.05) is 12.3 Å². The quantitative estimate of drug-likeness (QED) is 0.184. The van der Waals surface area contributed by atoms with Gasteiger partial charge in [-0.3, -0.25) is 9.78 Å². The van der Waals surface area contributed by atoms with E-state index in [1.165, 1.54) is 0 Å². The first kappa shape index (κ1) is 18.2. The van der Waals surface area contributed by atoms with Crippen molar-refractivity contribution in [3.05, 3.63) is 69.5 Å². The summed E-state index contributed by atoms with van der Waals surface area (Å²) in [7, 11) is 0. The van der Waals surface area contributed by atoms with E-state index >= 15 is 0 Å². The number of aromatic nitrogens is 2. The fraction of sp³-hybridized carbons (Fsp3) is 0.150. The predicted molar refractivity (Wildman–Crippen MR) is 108 cm³/mol. The van der Waals surface area contributed by atoms with Gasteiger partial charge in [-0.25, -0.2) is 4.98 Å². The van der Waals surface area contributed by atoms with Gasteiger partial charge >= 0.3 is 0 Å². The molecule has 0 atom stereocenters. The van der Waals surface area contributed by atoms with Crippen LogP contribution in [0.25, 0.3) is 10.9 Å². The van der Waals surface area contributed by atoms with E-state index in [9.17, 15) is 4.79 Å². The number of hydrazone groups is 1. The fourth-order valence-electron chi connectivity index (χ4n) is 2.60. The summed E-state index contributed by atoms with van der Waals surface area (Å²) in [6.45, 7) is 2.98. The Morgan fingerprint density at radius 1 is 1.26 bits per heavy atom. The molecule has 0 aliphatic rings. The van der Waals surface area contributed by atoms with Gasteiger partial charge < -0.3 is 16.9 Å². The molecule has 0 spiro atoms. The number of fused-ring (bicyclic) bond motifs is 1. The monoisotopic (exact) mass is 360 g/mol. The molecule has 6 N–H and O–H groups in total. The number of hydrogen-bond donors (Lipinski definition) is 4. The van der Waals surface area contributed by atoms with Gasteiger partial charge in [-0.2, -0.15) is 5.10 Å². The Balaban J connectivity index is 1.59. The zero-order valence-corrected chi connectivity index (χ0v) is 14.9. The van der Waals surface area contributed by atoms with Crippen LogP contribution in [0.2, 0.25) is 0 Å². The van der Waals surface area contributed by atoms with Crippen LogP contribution in [0.15, 0.2) is 52.4 Å². The smallest absolute Gasteiger partial charge is 0.260 e. The molecule has 0 amide bonds. The molecule has 1 heterocycles. The van der Waals surface area contributed by atoms with Crippen LogP contribution in [-0.2, 0) is 6.54 Å². The molecule has 27 heavy (non-hydrogen) atoms. The minimum Gasteiger partial charge on any atom is -0.369 e. The molecule has 0 bridgehead atoms. The normalized spacial score (nSPS) is 11.2. The van der Waals surface area contributed by atoms with Gasteiger partial charge in [-0.05, 0) is 42.3 Å². The van der Waals surface area contributed by atoms with Gasteiger partial charge in [0.2, 0.25) is 5.95 Å². The highest BCUT2D eigenvalue weighted by molar-refractivity contribution is 5.98. The molecule has 1 aromatic heterocycles. The number of nitrogens with two attached hydrogens (primary N) is 2. The van der Waals surface area contributed by atoms with Crippen molar-refractivity contribution in [3.8, 4) is 11.8 Å². The maximum Gasteiger partial charge on any atom is 0.260 e. The summed E-state index contributed by atoms with van der Waals surface area (Å²) in [6.07, 6.45) is 0. The maximum atomic E-state index is 11.9. The number of rotatable bonds is 4. The van der Waals surface area contributed by atoms with E-state index in [0.29, 0.717) is 24.0 Å². The van der Waals surface area contributed by atoms with Crippen molar-refractivity contribution >= 4 is 22.6 Å². The standard InChI is InChI=1S/C20H20N6O/c1-13(26-22)16-7-4-14(5-8-16)3-2-10-23-12-15-6-9-18-17(11-15)19(27)25-20(21)24-18/h4-9,11,23H,10,12,22H2,1H3,(H3,21,24,25,27). The molecule has 3 rings (SSSR count). The van der Waals surface area contributed by atoms with Crippen LogP contribution in [0.5, 0.6) is 0 Å². The third-order valence-corrected chi connectivity index (χ3v) is 4.06. The molecular weight excluding hydrogens is 340 g/mol. The third-order valence-electron chi connectivity index (χ3n) is 4.06. The van der Waals surface area contributed by atoms with E-state index in [-0.39, 0.29) is 11.5 Å². The number of aromatic amines is 1. The zero-order chi connectivity index (χ0) is 19.2. The summed E-state index contributed by atoms with van der Waals surface area (Å²) >= 11 is 0. The average Bonchev–Trinajstić information content (AvgIpc) is 2.68. The topological polar surface area (TPSA) is 122 Å². The summed E-state index contributed by atoms with van der Waals surface area (Å²) < 4.78 is 0. The average molecular weight is 360 g/mol. The van der Waals surface area contributed by atoms with E-state index in [1.807, 2.05) is 37.3 Å². The summed E-state index contributed by atoms with van der Waals surface area (Å²) in [5.74, 6) is 11.6. The molecule has 3 aromatic rings. The Kier molecular flexibility index (Phi) is 5.50. The molecule has 136 valence electrons. The second-order valence-electron chi connectivity index (χ2n) is 6.00. The summed E-state index contributed by atoms with van der Waals surface area (Å²) in [5, 5.41) is 7.43. The first-order chi connectivity index (χ1) is 13.1. The minimum absolute atomic E-state index is 0.118. The van der Waals surface area contributed by atoms with E-state index in [1.54, 1.807) is 12.1 Å². The molecule has 0 aliphatic carbocycles. The third kappa shape index (κ3) is 4.51. The van der Waals surface area contributed by atoms with Crippen molar-refractivity contribution in [2.24, 2.45) is 10.9 Å². The van der Waals surface area contributed by atoms with Gasteiger partial charge in [0.05, 0.1) is 23.2 Å². The number of benzene rings is 2. The van der Waals surface area contributed by atoms with Crippen molar-refractivity contribution in [1.82, 2.24) is 15.3 Å². The van der Waals surface area contributed by atoms with Gasteiger partial charge in [0.25, 0.3) is 5.56 Å². The highest BCUT2D eigenvalue weighted by Crippen LogP contribution is 2.10. The Morgan fingerprint density at radius 3 is 2.78 bits per heavy atom. The second-order valence-corrected chi connectivity index (χ2v) is 6.00. The van der Waals surface area contributed by atoms with Crippen LogP contribution in [-0.4, -0.2) is 22.2 Å². The SMILES string of the molecule is CC(=NN)c1ccc(C#CCNCc2ccc3nc(N)[nH]c(=O)c3c2)cc1. The van der Waals surface area contributed by atoms with E-state index < -0.39 is 0 Å². The molecule has 0 unspecified atom stereocenters. The summed E-state index contributed by atoms with van der Waals surface area (Å²) in [5.41, 5.74) is 9.55. The predicted octanol–water partition coefficient (Wildman–Crippen LogP) is 1.33. The lowest BCUT2D eigenvalue weighted by Crippen LogP contribution is -2.15. The molecule has 2 aromatic carbocycles. The number of nitrogens with one attached hydrogen (secondary N) is 2. The van der Waals surface area contributed by atoms with Crippen LogP contribution < -0.4 is 22.5 Å². The molecular formula is C20H20N6O. The Labute approximate surface area is 156 Å². The zero-order valence-electron chi connectivity index (χ0n) is 14.9. The van der Waals surface area contributed by atoms with Crippen LogP contribution in [0.4, 0.5) is 5.95 Å². The van der Waals surface area contributed by atoms with Gasteiger partial charge in [0, 0.05) is 12.1 Å². The molecule has 0 saturated heterocycles. The Morgan fingerprint density at radius 2 is 2.04 bits per heavy atom. The number of hydrogen-bond acceptors (Lipinski definition) is 6. The molecule has 0 saturated carbocycles. The maximum absolute atomic E-state index is 11.9. The van der Waals surface area contributed by atoms with Crippen molar-refractivity contribution in [3.63, 3.8) is 0 Å². The molecule has 0 radical (unpaired) electrons. The van der Waals surface area contributed by atoms with Gasteiger partial charge in [0.15, 0.2) is 0 Å². The Bertz CT molecular complexity index is 1100. The van der Waals surface area contributed by atoms with Crippen LogP contribution in [0.3, 0.4) is 0 Å². The highest BCUT2D eigenvalue weighted by Gasteiger charge is 2.03. The lowest BCUT2D eigenvalue weighted by Gasteiger charge is -2.04. The number of nitrogens with zero attached hydrogens (tertiary/aromatic N) is 2. The first-order valence-corrected chi connectivity index (χ1v) is 8.40. The van der Waals surface area contributed by atoms with E-state index in [0.717, 1.165) is 22.4 Å². The van der Waals surface area contributed by atoms with Crippen LogP contribution in [0.1, 0.15) is 23.6 Å². The number of H-pyrrole nitrogens is 1.